The van der Waals surface area contributed by atoms with Crippen molar-refractivity contribution in [2.45, 2.75) is 0 Å². The van der Waals surface area contributed by atoms with E-state index in [2.05, 4.69) is 0 Å². The summed E-state index contributed by atoms with van der Waals surface area (Å²) in [6.45, 7) is 10.8. The zero-order chi connectivity index (χ0) is 5.41. The second-order valence-electron chi connectivity index (χ2n) is 0.200. The van der Waals surface area contributed by atoms with E-state index in [1.54, 1.807) is 10.0 Å². The van der Waals surface area contributed by atoms with Crippen molar-refractivity contribution in [2.75, 3.05) is 0 Å². The van der Waals surface area contributed by atoms with Crippen molar-refractivity contribution in [3.8, 4) is 0 Å². The molecule has 0 saturated carbocycles. The third-order valence-electron chi connectivity index (χ3n) is 0. The van der Waals surface area contributed by atoms with Crippen LogP contribution in [0.3, 0.4) is 0 Å². The Morgan fingerprint density at radius 3 is 1.00 bits per heavy atom. The van der Waals surface area contributed by atoms with Crippen LogP contribution in [0.4, 0.5) is 0 Å². The Labute approximate surface area is 53.7 Å². The first kappa shape index (κ1) is 16.4. The van der Waals surface area contributed by atoms with Crippen LogP contribution in [0.5, 0.6) is 0 Å². The van der Waals surface area contributed by atoms with E-state index in [0.717, 1.165) is 0 Å². The van der Waals surface area contributed by atoms with E-state index >= 15 is 0 Å². The predicted molar refractivity (Wildman–Crippen MR) is 16.8 cm³/mol. The van der Waals surface area contributed by atoms with E-state index in [9.17, 15) is 0 Å². The molecule has 0 bridgehead atoms. The van der Waals surface area contributed by atoms with Gasteiger partial charge in [0.15, 0.2) is 0 Å². The largest absolute Gasteiger partial charge is 0.213 e. The smallest absolute Gasteiger partial charge is 0 e. The molecule has 0 aromatic carbocycles. The molecule has 5 heteroatoms. The van der Waals surface area contributed by atoms with Crippen molar-refractivity contribution < 1.29 is 29.9 Å². The summed E-state index contributed by atoms with van der Waals surface area (Å²) in [5.74, 6) is 0. The van der Waals surface area contributed by atoms with Gasteiger partial charge in [-0.15, -0.1) is 0 Å². The van der Waals surface area contributed by atoms with E-state index in [-0.39, 0.29) is 19.5 Å². The molecule has 0 fully saturated rings. The summed E-state index contributed by atoms with van der Waals surface area (Å²) in [6, 6.07) is 0. The molecule has 0 saturated heterocycles. The van der Waals surface area contributed by atoms with Crippen LogP contribution in [0.15, 0.2) is 0 Å². The summed E-state index contributed by atoms with van der Waals surface area (Å²) in [5.41, 5.74) is 0. The van der Waals surface area contributed by atoms with Crippen molar-refractivity contribution >= 4 is 0 Å². The molecule has 0 radical (unpaired) electrons. The van der Waals surface area contributed by atoms with Crippen LogP contribution < -0.4 is 0 Å². The molecule has 0 amide bonds. The molecule has 0 atom stereocenters. The zero-order valence-corrected chi connectivity index (χ0v) is 6.46. The summed E-state index contributed by atoms with van der Waals surface area (Å²) < 4.78 is 0. The first-order chi connectivity index (χ1) is 2.83. The second-order valence-corrected chi connectivity index (χ2v) is 0.200. The van der Waals surface area contributed by atoms with Crippen molar-refractivity contribution in [2.24, 2.45) is 0 Å². The predicted octanol–water partition coefficient (Wildman–Crippen LogP) is 0.587. The summed E-state index contributed by atoms with van der Waals surface area (Å²) in [6.07, 6.45) is 0. The Bertz CT molecular complexity index is 68.7. The molecule has 0 aliphatic heterocycles. The Morgan fingerprint density at radius 1 is 1.00 bits per heavy atom. The van der Waals surface area contributed by atoms with Gasteiger partial charge in [-0.2, -0.15) is 13.1 Å². The van der Waals surface area contributed by atoms with E-state index in [0.29, 0.717) is 0 Å². The topological polar surface area (TPSA) is 49.2 Å². The first-order valence-corrected chi connectivity index (χ1v) is 0.847. The Kier molecular flexibility index (Phi) is 148. The van der Waals surface area contributed by atoms with E-state index < -0.39 is 0 Å². The van der Waals surface area contributed by atoms with Crippen molar-refractivity contribution in [1.82, 2.24) is 0 Å². The van der Waals surface area contributed by atoms with Gasteiger partial charge in [-0.05, 0) is 10.0 Å². The van der Waals surface area contributed by atoms with Crippen LogP contribution in [0.25, 0.3) is 10.0 Å². The average molecular weight is 151 g/mol. The van der Waals surface area contributed by atoms with Gasteiger partial charge in [0.2, 0.25) is 0 Å². The molecule has 7 heavy (non-hydrogen) atoms. The molecule has 4 nitrogen and oxygen atoms in total. The molecule has 0 aliphatic carbocycles. The van der Waals surface area contributed by atoms with Crippen molar-refractivity contribution in [3.05, 3.63) is 23.2 Å². The third-order valence-corrected chi connectivity index (χ3v) is 0. The molecule has 2 N–H and O–H groups in total. The van der Waals surface area contributed by atoms with E-state index in [1.165, 1.54) is 0 Å². The number of hydrogen-bond donors (Lipinski definition) is 2. The monoisotopic (exact) mass is 150 g/mol. The SMILES string of the molecule is [C-]#[N+]O.[C-]#[N+]O.[Zn]. The van der Waals surface area contributed by atoms with Crippen LogP contribution in [0.1, 0.15) is 0 Å². The fourth-order valence-electron chi connectivity index (χ4n) is 0. The fourth-order valence-corrected chi connectivity index (χ4v) is 0. The van der Waals surface area contributed by atoms with Gasteiger partial charge in [0, 0.05) is 19.5 Å². The standard InChI is InChI=1S/2CHNO.Zn/c2*1-2-3;/h2*3H;. The molecule has 0 rings (SSSR count). The van der Waals surface area contributed by atoms with Crippen LogP contribution in [-0.4, -0.2) is 10.4 Å². The molecule has 0 heterocycles. The Hall–Kier alpha value is -0.797. The Morgan fingerprint density at radius 2 is 1.00 bits per heavy atom. The van der Waals surface area contributed by atoms with Gasteiger partial charge < -0.3 is 0 Å². The normalized spacial score (nSPS) is 2.00. The Balaban J connectivity index is -0.0000000400. The summed E-state index contributed by atoms with van der Waals surface area (Å²) in [7, 11) is 0. The molecule has 0 aliphatic rings. The maximum Gasteiger partial charge on any atom is 0 e. The maximum atomic E-state index is 6.86. The van der Waals surface area contributed by atoms with Crippen LogP contribution in [0.2, 0.25) is 0 Å². The number of hydrogen-bond acceptors (Lipinski definition) is 2. The van der Waals surface area contributed by atoms with Crippen LogP contribution in [-0.2, 0) is 19.5 Å². The minimum atomic E-state index is 0. The van der Waals surface area contributed by atoms with Gasteiger partial charge in [-0.3, -0.25) is 0 Å². The van der Waals surface area contributed by atoms with E-state index in [1.807, 2.05) is 0 Å². The molecule has 34 valence electrons. The first-order valence-electron chi connectivity index (χ1n) is 0.847. The molecular formula is C2H2N2O2Zn. The van der Waals surface area contributed by atoms with Crippen LogP contribution in [0, 0.1) is 13.1 Å². The minimum absolute atomic E-state index is 0. The molecule has 0 aromatic heterocycles. The zero-order valence-electron chi connectivity index (χ0n) is 3.50. The summed E-state index contributed by atoms with van der Waals surface area (Å²) in [4.78, 5) is 0. The van der Waals surface area contributed by atoms with Gasteiger partial charge in [-0.1, -0.05) is 0 Å². The summed E-state index contributed by atoms with van der Waals surface area (Å²) in [5, 5.41) is 17.2. The second kappa shape index (κ2) is 63.5. The quantitative estimate of drug-likeness (QED) is 0.302. The van der Waals surface area contributed by atoms with Crippen molar-refractivity contribution in [3.63, 3.8) is 0 Å². The molecule has 0 aromatic rings. The van der Waals surface area contributed by atoms with Gasteiger partial charge in [-0.25, -0.2) is 10.4 Å². The van der Waals surface area contributed by atoms with Crippen molar-refractivity contribution in [1.29, 1.82) is 0 Å². The van der Waals surface area contributed by atoms with Gasteiger partial charge in [0.25, 0.3) is 0 Å². The number of nitrogens with zero attached hydrogens (tertiary/aromatic N) is 2. The summed E-state index contributed by atoms with van der Waals surface area (Å²) >= 11 is 0. The van der Waals surface area contributed by atoms with Crippen LogP contribution >= 0.6 is 0 Å². The average Bonchev–Trinajstić information content (AvgIpc) is 1.39. The molecule has 0 unspecified atom stereocenters. The van der Waals surface area contributed by atoms with Gasteiger partial charge in [0.1, 0.15) is 0 Å². The molecular weight excluding hydrogens is 149 g/mol. The molecule has 0 spiro atoms. The van der Waals surface area contributed by atoms with E-state index in [4.69, 9.17) is 23.6 Å². The number of rotatable bonds is 0. The maximum absolute atomic E-state index is 6.86. The fraction of sp³-hybridized carbons (Fsp3) is 0. The minimum Gasteiger partial charge on any atom is -0.213 e. The third kappa shape index (κ3) is 84.1. The van der Waals surface area contributed by atoms with Gasteiger partial charge in [0.05, 0.1) is 0 Å². The van der Waals surface area contributed by atoms with Gasteiger partial charge >= 0.3 is 0 Å².